The van der Waals surface area contributed by atoms with E-state index in [0.717, 1.165) is 38.5 Å². The van der Waals surface area contributed by atoms with Gasteiger partial charge in [-0.2, -0.15) is 0 Å². The van der Waals surface area contributed by atoms with Crippen LogP contribution in [0.15, 0.2) is 24.3 Å². The maximum Gasteiger partial charge on any atom is 0.220 e. The lowest BCUT2D eigenvalue weighted by molar-refractivity contribution is -0.302. The maximum atomic E-state index is 12.8. The number of unbranched alkanes of at least 4 members (excludes halogenated alkanes) is 21. The molecule has 6 N–H and O–H groups in total. The number of allylic oxidation sites excluding steroid dienone is 3. The molecule has 0 saturated carbocycles. The zero-order chi connectivity index (χ0) is 36.7. The van der Waals surface area contributed by atoms with Crippen LogP contribution in [-0.2, 0) is 14.3 Å². The van der Waals surface area contributed by atoms with Crippen molar-refractivity contribution < 1.29 is 39.8 Å². The topological polar surface area (TPSA) is 149 Å². The summed E-state index contributed by atoms with van der Waals surface area (Å²) in [4.78, 5) is 12.8. The number of aliphatic hydroxyl groups is 5. The second-order valence-corrected chi connectivity index (χ2v) is 14.4. The van der Waals surface area contributed by atoms with Crippen LogP contribution in [0.3, 0.4) is 0 Å². The molecule has 1 rings (SSSR count). The summed E-state index contributed by atoms with van der Waals surface area (Å²) in [6.45, 7) is 3.61. The van der Waals surface area contributed by atoms with E-state index in [4.69, 9.17) is 9.47 Å². The number of rotatable bonds is 33. The normalized spacial score (nSPS) is 22.4. The smallest absolute Gasteiger partial charge is 0.220 e. The largest absolute Gasteiger partial charge is 0.394 e. The summed E-state index contributed by atoms with van der Waals surface area (Å²) in [5.74, 6) is -0.188. The molecule has 1 aliphatic heterocycles. The van der Waals surface area contributed by atoms with Crippen molar-refractivity contribution in [2.24, 2.45) is 0 Å². The van der Waals surface area contributed by atoms with Gasteiger partial charge in [-0.1, -0.05) is 154 Å². The number of aliphatic hydroxyl groups excluding tert-OH is 5. The van der Waals surface area contributed by atoms with Crippen LogP contribution < -0.4 is 5.32 Å². The van der Waals surface area contributed by atoms with Gasteiger partial charge in [-0.15, -0.1) is 0 Å². The highest BCUT2D eigenvalue weighted by Crippen LogP contribution is 2.22. The van der Waals surface area contributed by atoms with Gasteiger partial charge in [-0.25, -0.2) is 0 Å². The minimum absolute atomic E-state index is 0.188. The molecule has 1 aliphatic rings. The molecule has 1 heterocycles. The van der Waals surface area contributed by atoms with Gasteiger partial charge in [-0.3, -0.25) is 4.79 Å². The number of hydrogen-bond donors (Lipinski definition) is 6. The van der Waals surface area contributed by atoms with E-state index in [1.807, 2.05) is 6.08 Å². The zero-order valence-corrected chi connectivity index (χ0v) is 31.9. The number of amides is 1. The average Bonchev–Trinajstić information content (AvgIpc) is 3.11. The van der Waals surface area contributed by atoms with E-state index in [9.17, 15) is 30.3 Å². The van der Waals surface area contributed by atoms with Crippen LogP contribution in [0, 0.1) is 0 Å². The molecule has 0 aromatic heterocycles. The van der Waals surface area contributed by atoms with E-state index in [-0.39, 0.29) is 12.5 Å². The molecule has 1 saturated heterocycles. The fourth-order valence-electron chi connectivity index (χ4n) is 6.37. The summed E-state index contributed by atoms with van der Waals surface area (Å²) in [7, 11) is 0. The Balaban J connectivity index is 2.15. The zero-order valence-electron chi connectivity index (χ0n) is 31.9. The molecule has 0 spiro atoms. The molecule has 0 aromatic rings. The van der Waals surface area contributed by atoms with Gasteiger partial charge in [-0.05, 0) is 38.5 Å². The van der Waals surface area contributed by atoms with Crippen LogP contribution in [0.25, 0.3) is 0 Å². The lowest BCUT2D eigenvalue weighted by Crippen LogP contribution is -2.60. The van der Waals surface area contributed by atoms with Crippen LogP contribution in [0.1, 0.15) is 174 Å². The van der Waals surface area contributed by atoms with Gasteiger partial charge < -0.3 is 40.3 Å². The molecule has 0 radical (unpaired) electrons. The Labute approximate surface area is 305 Å². The molecule has 1 amide bonds. The quantitative estimate of drug-likeness (QED) is 0.0302. The number of ether oxygens (including phenoxy) is 2. The Morgan fingerprint density at radius 1 is 0.660 bits per heavy atom. The summed E-state index contributed by atoms with van der Waals surface area (Å²) in [6, 6.07) is -0.797. The number of nitrogens with one attached hydrogen (secondary N) is 1. The van der Waals surface area contributed by atoms with Gasteiger partial charge in [0.05, 0.1) is 25.4 Å². The fourth-order valence-corrected chi connectivity index (χ4v) is 6.37. The van der Waals surface area contributed by atoms with E-state index in [2.05, 4.69) is 31.3 Å². The second-order valence-electron chi connectivity index (χ2n) is 14.4. The number of carbonyl (C=O) groups excluding carboxylic acids is 1. The third-order valence-corrected chi connectivity index (χ3v) is 9.77. The predicted octanol–water partition coefficient (Wildman–Crippen LogP) is 7.55. The highest BCUT2D eigenvalue weighted by Gasteiger charge is 2.44. The van der Waals surface area contributed by atoms with Crippen LogP contribution in [0.5, 0.6) is 0 Å². The highest BCUT2D eigenvalue weighted by atomic mass is 16.7. The molecule has 9 nitrogen and oxygen atoms in total. The SMILES string of the molecule is CCCC/C=C/C(O)C(COC1OC(CO)C(O)C(O)C1O)NC(=O)CCCCCCCCCCCCC/C=C\CCCCCCCCCC. The lowest BCUT2D eigenvalue weighted by atomic mass is 9.99. The first-order valence-electron chi connectivity index (χ1n) is 20.6. The predicted molar refractivity (Wildman–Crippen MR) is 203 cm³/mol. The minimum atomic E-state index is -1.56. The average molecular weight is 712 g/mol. The summed E-state index contributed by atoms with van der Waals surface area (Å²) in [5.41, 5.74) is 0. The maximum absolute atomic E-state index is 12.8. The molecule has 0 aliphatic carbocycles. The molecule has 0 bridgehead atoms. The third-order valence-electron chi connectivity index (χ3n) is 9.77. The van der Waals surface area contributed by atoms with E-state index in [1.54, 1.807) is 6.08 Å². The van der Waals surface area contributed by atoms with Crippen molar-refractivity contribution in [2.75, 3.05) is 13.2 Å². The Morgan fingerprint density at radius 3 is 1.66 bits per heavy atom. The summed E-state index contributed by atoms with van der Waals surface area (Å²) in [5, 5.41) is 53.4. The second kappa shape index (κ2) is 32.3. The Kier molecular flexibility index (Phi) is 30.2. The third kappa shape index (κ3) is 23.3. The van der Waals surface area contributed by atoms with Crippen molar-refractivity contribution in [3.8, 4) is 0 Å². The first-order chi connectivity index (χ1) is 24.3. The first kappa shape index (κ1) is 46.7. The molecular formula is C41H77NO8. The Hall–Kier alpha value is -1.33. The molecule has 7 atom stereocenters. The van der Waals surface area contributed by atoms with E-state index < -0.39 is 49.5 Å². The Bertz CT molecular complexity index is 837. The van der Waals surface area contributed by atoms with Crippen LogP contribution in [0.4, 0.5) is 0 Å². The van der Waals surface area contributed by atoms with Crippen molar-refractivity contribution in [1.82, 2.24) is 5.32 Å². The molecule has 294 valence electrons. The summed E-state index contributed by atoms with van der Waals surface area (Å²) < 4.78 is 11.1. The van der Waals surface area contributed by atoms with Crippen molar-refractivity contribution in [2.45, 2.75) is 217 Å². The van der Waals surface area contributed by atoms with Gasteiger partial charge in [0.1, 0.15) is 24.4 Å². The van der Waals surface area contributed by atoms with E-state index >= 15 is 0 Å². The molecule has 9 heteroatoms. The van der Waals surface area contributed by atoms with Crippen LogP contribution in [0.2, 0.25) is 0 Å². The number of carbonyl (C=O) groups is 1. The minimum Gasteiger partial charge on any atom is -0.394 e. The molecule has 7 unspecified atom stereocenters. The van der Waals surface area contributed by atoms with Crippen molar-refractivity contribution in [3.05, 3.63) is 24.3 Å². The van der Waals surface area contributed by atoms with Crippen LogP contribution in [-0.4, -0.2) is 87.5 Å². The number of hydrogen-bond acceptors (Lipinski definition) is 8. The summed E-state index contributed by atoms with van der Waals surface area (Å²) in [6.07, 6.45) is 30.1. The van der Waals surface area contributed by atoms with Crippen molar-refractivity contribution in [3.63, 3.8) is 0 Å². The molecule has 1 fully saturated rings. The fraction of sp³-hybridized carbons (Fsp3) is 0.878. The van der Waals surface area contributed by atoms with E-state index in [1.165, 1.54) is 116 Å². The van der Waals surface area contributed by atoms with Gasteiger partial charge in [0.2, 0.25) is 5.91 Å². The molecule has 0 aromatic carbocycles. The summed E-state index contributed by atoms with van der Waals surface area (Å²) >= 11 is 0. The first-order valence-corrected chi connectivity index (χ1v) is 20.6. The van der Waals surface area contributed by atoms with Gasteiger partial charge in [0.15, 0.2) is 6.29 Å². The molecule has 50 heavy (non-hydrogen) atoms. The van der Waals surface area contributed by atoms with E-state index in [0.29, 0.717) is 6.42 Å². The van der Waals surface area contributed by atoms with Gasteiger partial charge in [0, 0.05) is 6.42 Å². The van der Waals surface area contributed by atoms with Gasteiger partial charge in [0.25, 0.3) is 0 Å². The van der Waals surface area contributed by atoms with Crippen molar-refractivity contribution in [1.29, 1.82) is 0 Å². The van der Waals surface area contributed by atoms with Crippen molar-refractivity contribution >= 4 is 5.91 Å². The molecular weight excluding hydrogens is 634 g/mol. The van der Waals surface area contributed by atoms with Gasteiger partial charge >= 0.3 is 0 Å². The lowest BCUT2D eigenvalue weighted by Gasteiger charge is -2.40. The standard InChI is InChI=1S/C41H77NO8/c1-3-5-7-9-10-11-12-13-14-15-16-17-18-19-20-21-22-23-24-25-26-27-29-31-37(45)42-34(35(44)30-28-8-6-4-2)33-49-41-40(48)39(47)38(46)36(32-43)50-41/h15-16,28,30,34-36,38-41,43-44,46-48H,3-14,17-27,29,31-33H2,1-2H3,(H,42,45)/b16-15-,30-28+. The Morgan fingerprint density at radius 2 is 1.14 bits per heavy atom. The van der Waals surface area contributed by atoms with Crippen LogP contribution >= 0.6 is 0 Å². The highest BCUT2D eigenvalue weighted by molar-refractivity contribution is 5.76. The monoisotopic (exact) mass is 712 g/mol.